The highest BCUT2D eigenvalue weighted by Gasteiger charge is 2.05. The lowest BCUT2D eigenvalue weighted by molar-refractivity contribution is -0.120. The van der Waals surface area contributed by atoms with E-state index >= 15 is 0 Å². The normalized spacial score (nSPS) is 10.4. The molecule has 0 radical (unpaired) electrons. The summed E-state index contributed by atoms with van der Waals surface area (Å²) in [7, 11) is 1.68. The van der Waals surface area contributed by atoms with Crippen molar-refractivity contribution < 1.29 is 9.53 Å². The van der Waals surface area contributed by atoms with E-state index in [4.69, 9.17) is 4.74 Å². The molecule has 0 aliphatic carbocycles. The molecule has 0 aliphatic rings. The highest BCUT2D eigenvalue weighted by atomic mass is 16.5. The van der Waals surface area contributed by atoms with Gasteiger partial charge in [0.2, 0.25) is 5.91 Å². The second kappa shape index (κ2) is 8.37. The van der Waals surface area contributed by atoms with Gasteiger partial charge in [-0.05, 0) is 55.0 Å². The van der Waals surface area contributed by atoms with Crippen molar-refractivity contribution in [2.45, 2.75) is 33.1 Å². The van der Waals surface area contributed by atoms with Crippen LogP contribution in [0.3, 0.4) is 0 Å². The minimum atomic E-state index is 0.0771. The molecule has 0 heterocycles. The number of para-hydroxylation sites is 1. The van der Waals surface area contributed by atoms with Crippen LogP contribution < -0.4 is 10.1 Å². The van der Waals surface area contributed by atoms with E-state index in [0.717, 1.165) is 24.2 Å². The van der Waals surface area contributed by atoms with E-state index in [1.54, 1.807) is 7.11 Å². The molecule has 0 spiro atoms. The summed E-state index contributed by atoms with van der Waals surface area (Å²) in [5.74, 6) is 0.988. The van der Waals surface area contributed by atoms with Crippen molar-refractivity contribution in [2.75, 3.05) is 13.7 Å². The predicted octanol–water partition coefficient (Wildman–Crippen LogP) is 3.60. The smallest absolute Gasteiger partial charge is 0.224 e. The zero-order valence-electron chi connectivity index (χ0n) is 14.2. The maximum absolute atomic E-state index is 12.0. The lowest BCUT2D eigenvalue weighted by atomic mass is 10.0. The Morgan fingerprint density at radius 2 is 1.87 bits per heavy atom. The topological polar surface area (TPSA) is 38.3 Å². The summed E-state index contributed by atoms with van der Waals surface area (Å²) in [6.07, 6.45) is 2.24. The van der Waals surface area contributed by atoms with Crippen LogP contribution in [0.5, 0.6) is 5.75 Å². The fourth-order valence-corrected chi connectivity index (χ4v) is 2.58. The number of aryl methyl sites for hydroxylation is 3. The molecule has 3 heteroatoms. The summed E-state index contributed by atoms with van der Waals surface area (Å²) in [5, 5.41) is 2.99. The van der Waals surface area contributed by atoms with Crippen molar-refractivity contribution >= 4 is 5.91 Å². The molecule has 3 nitrogen and oxygen atoms in total. The molecule has 122 valence electrons. The van der Waals surface area contributed by atoms with Gasteiger partial charge in [0, 0.05) is 6.54 Å². The van der Waals surface area contributed by atoms with Crippen molar-refractivity contribution in [1.29, 1.82) is 0 Å². The first-order chi connectivity index (χ1) is 11.1. The number of rotatable bonds is 7. The van der Waals surface area contributed by atoms with Crippen LogP contribution in [0.4, 0.5) is 0 Å². The van der Waals surface area contributed by atoms with Crippen LogP contribution in [0.2, 0.25) is 0 Å². The minimum absolute atomic E-state index is 0.0771. The first kappa shape index (κ1) is 17.1. The van der Waals surface area contributed by atoms with Gasteiger partial charge in [0.05, 0.1) is 13.5 Å². The second-order valence-corrected chi connectivity index (χ2v) is 5.86. The SMILES string of the molecule is COc1ccccc1CCCNC(=O)Cc1ccc(C)c(C)c1. The lowest BCUT2D eigenvalue weighted by Crippen LogP contribution is -2.26. The van der Waals surface area contributed by atoms with Crippen molar-refractivity contribution in [1.82, 2.24) is 5.32 Å². The van der Waals surface area contributed by atoms with E-state index in [0.29, 0.717) is 13.0 Å². The van der Waals surface area contributed by atoms with E-state index in [1.807, 2.05) is 24.3 Å². The van der Waals surface area contributed by atoms with Crippen LogP contribution in [0.1, 0.15) is 28.7 Å². The van der Waals surface area contributed by atoms with E-state index in [-0.39, 0.29) is 5.91 Å². The highest BCUT2D eigenvalue weighted by molar-refractivity contribution is 5.78. The number of carbonyl (C=O) groups excluding carboxylic acids is 1. The number of hydrogen-bond acceptors (Lipinski definition) is 2. The van der Waals surface area contributed by atoms with Gasteiger partial charge in [-0.1, -0.05) is 36.4 Å². The molecule has 1 amide bonds. The third-order valence-corrected chi connectivity index (χ3v) is 4.07. The van der Waals surface area contributed by atoms with Gasteiger partial charge < -0.3 is 10.1 Å². The molecule has 0 aliphatic heterocycles. The average molecular weight is 311 g/mol. The molecule has 0 bridgehead atoms. The number of benzene rings is 2. The fraction of sp³-hybridized carbons (Fsp3) is 0.350. The van der Waals surface area contributed by atoms with E-state index < -0.39 is 0 Å². The number of amides is 1. The molecule has 0 aromatic heterocycles. The van der Waals surface area contributed by atoms with Gasteiger partial charge in [-0.25, -0.2) is 0 Å². The summed E-state index contributed by atoms with van der Waals surface area (Å²) >= 11 is 0. The molecule has 2 rings (SSSR count). The zero-order chi connectivity index (χ0) is 16.7. The van der Waals surface area contributed by atoms with Crippen molar-refractivity contribution in [3.8, 4) is 5.75 Å². The third kappa shape index (κ3) is 5.13. The van der Waals surface area contributed by atoms with Crippen LogP contribution in [0.25, 0.3) is 0 Å². The van der Waals surface area contributed by atoms with Gasteiger partial charge >= 0.3 is 0 Å². The van der Waals surface area contributed by atoms with Gasteiger partial charge in [-0.15, -0.1) is 0 Å². The first-order valence-corrected chi connectivity index (χ1v) is 8.05. The van der Waals surface area contributed by atoms with Crippen LogP contribution in [-0.2, 0) is 17.6 Å². The third-order valence-electron chi connectivity index (χ3n) is 4.07. The average Bonchev–Trinajstić information content (AvgIpc) is 2.55. The molecule has 2 aromatic rings. The molecule has 0 saturated heterocycles. The monoisotopic (exact) mass is 311 g/mol. The van der Waals surface area contributed by atoms with Crippen molar-refractivity contribution in [2.24, 2.45) is 0 Å². The molecular weight excluding hydrogens is 286 g/mol. The highest BCUT2D eigenvalue weighted by Crippen LogP contribution is 2.18. The lowest BCUT2D eigenvalue weighted by Gasteiger charge is -2.09. The quantitative estimate of drug-likeness (QED) is 0.793. The summed E-state index contributed by atoms with van der Waals surface area (Å²) in [6.45, 7) is 4.84. The second-order valence-electron chi connectivity index (χ2n) is 5.86. The van der Waals surface area contributed by atoms with Crippen molar-refractivity contribution in [3.05, 3.63) is 64.7 Å². The van der Waals surface area contributed by atoms with Gasteiger partial charge in [0.15, 0.2) is 0 Å². The summed E-state index contributed by atoms with van der Waals surface area (Å²) in [5.41, 5.74) is 4.73. The summed E-state index contributed by atoms with van der Waals surface area (Å²) in [4.78, 5) is 12.0. The first-order valence-electron chi connectivity index (χ1n) is 8.05. The number of ether oxygens (including phenoxy) is 1. The summed E-state index contributed by atoms with van der Waals surface area (Å²) < 4.78 is 5.34. The maximum Gasteiger partial charge on any atom is 0.224 e. The molecule has 23 heavy (non-hydrogen) atoms. The van der Waals surface area contributed by atoms with Crippen LogP contribution >= 0.6 is 0 Å². The van der Waals surface area contributed by atoms with Crippen molar-refractivity contribution in [3.63, 3.8) is 0 Å². The van der Waals surface area contributed by atoms with Gasteiger partial charge in [0.25, 0.3) is 0 Å². The standard InChI is InChI=1S/C20H25NO2/c1-15-10-11-17(13-16(15)2)14-20(22)21-12-6-8-18-7-4-5-9-19(18)23-3/h4-5,7,9-11,13H,6,8,12,14H2,1-3H3,(H,21,22). The Balaban J connectivity index is 1.75. The Kier molecular flexibility index (Phi) is 6.21. The van der Waals surface area contributed by atoms with E-state index in [1.165, 1.54) is 16.7 Å². The van der Waals surface area contributed by atoms with Gasteiger partial charge in [-0.2, -0.15) is 0 Å². The molecule has 1 N–H and O–H groups in total. The number of nitrogens with one attached hydrogen (secondary N) is 1. The molecular formula is C20H25NO2. The Bertz CT molecular complexity index is 664. The Hall–Kier alpha value is -2.29. The number of hydrogen-bond donors (Lipinski definition) is 1. The van der Waals surface area contributed by atoms with Gasteiger partial charge in [-0.3, -0.25) is 4.79 Å². The van der Waals surface area contributed by atoms with Gasteiger partial charge in [0.1, 0.15) is 5.75 Å². The predicted molar refractivity (Wildman–Crippen MR) is 93.9 cm³/mol. The largest absolute Gasteiger partial charge is 0.496 e. The van der Waals surface area contributed by atoms with Crippen LogP contribution in [0, 0.1) is 13.8 Å². The molecule has 0 fully saturated rings. The van der Waals surface area contributed by atoms with Crippen LogP contribution in [-0.4, -0.2) is 19.6 Å². The molecule has 0 atom stereocenters. The minimum Gasteiger partial charge on any atom is -0.496 e. The Morgan fingerprint density at radius 3 is 2.61 bits per heavy atom. The molecule has 2 aromatic carbocycles. The van der Waals surface area contributed by atoms with Crippen LogP contribution in [0.15, 0.2) is 42.5 Å². The van der Waals surface area contributed by atoms with E-state index in [2.05, 4.69) is 37.4 Å². The molecule has 0 saturated carbocycles. The fourth-order valence-electron chi connectivity index (χ4n) is 2.58. The number of carbonyl (C=O) groups is 1. The maximum atomic E-state index is 12.0. The molecule has 0 unspecified atom stereocenters. The Morgan fingerprint density at radius 1 is 1.09 bits per heavy atom. The number of methoxy groups -OCH3 is 1. The van der Waals surface area contributed by atoms with E-state index in [9.17, 15) is 4.79 Å². The Labute approximate surface area is 138 Å². The zero-order valence-corrected chi connectivity index (χ0v) is 14.2. The summed E-state index contributed by atoms with van der Waals surface area (Å²) in [6, 6.07) is 14.2.